The van der Waals surface area contributed by atoms with Crippen LogP contribution in [-0.4, -0.2) is 32.8 Å². The Morgan fingerprint density at radius 2 is 1.77 bits per heavy atom. The highest BCUT2D eigenvalue weighted by Crippen LogP contribution is 2.19. The van der Waals surface area contributed by atoms with Gasteiger partial charge in [-0.1, -0.05) is 36.4 Å². The zero-order chi connectivity index (χ0) is 18.6. The molecule has 0 fully saturated rings. The van der Waals surface area contributed by atoms with Gasteiger partial charge in [0, 0.05) is 25.7 Å². The molecule has 0 spiro atoms. The maximum atomic E-state index is 12.4. The smallest absolute Gasteiger partial charge is 0.387 e. The molecule has 140 valence electrons. The number of hydrogen-bond acceptors (Lipinski definition) is 3. The van der Waals surface area contributed by atoms with Gasteiger partial charge in [-0.2, -0.15) is 8.78 Å². The van der Waals surface area contributed by atoms with E-state index in [1.807, 2.05) is 30.3 Å². The van der Waals surface area contributed by atoms with Gasteiger partial charge in [-0.05, 0) is 24.6 Å². The molecule has 0 radical (unpaired) electrons. The topological polar surface area (TPSA) is 54.9 Å². The van der Waals surface area contributed by atoms with Crippen molar-refractivity contribution < 1.29 is 18.3 Å². The third-order valence-electron chi connectivity index (χ3n) is 3.48. The van der Waals surface area contributed by atoms with E-state index in [0.717, 1.165) is 12.2 Å². The lowest BCUT2D eigenvalue weighted by molar-refractivity contribution is -0.0504. The number of nitrogens with one attached hydrogen (secondary N) is 2. The van der Waals surface area contributed by atoms with E-state index in [0.29, 0.717) is 31.2 Å². The number of rotatable bonds is 9. The van der Waals surface area contributed by atoms with Crippen LogP contribution in [0.15, 0.2) is 59.6 Å². The van der Waals surface area contributed by atoms with Gasteiger partial charge in [0.1, 0.15) is 11.5 Å². The van der Waals surface area contributed by atoms with Crippen LogP contribution < -0.4 is 20.1 Å². The van der Waals surface area contributed by atoms with E-state index >= 15 is 0 Å². The highest BCUT2D eigenvalue weighted by molar-refractivity contribution is 5.79. The molecule has 2 aromatic carbocycles. The number of benzene rings is 2. The minimum absolute atomic E-state index is 0.154. The standard InChI is InChI=1S/C19H23F2N3O2/c1-22-19(23-12-7-13-25-16-9-3-2-4-10-16)24-14-15-8-5-6-11-17(15)26-18(20)21/h2-6,8-11,18H,7,12-14H2,1H3,(H2,22,23,24). The first-order chi connectivity index (χ1) is 12.7. The molecule has 2 rings (SSSR count). The van der Waals surface area contributed by atoms with Crippen molar-refractivity contribution in [3.63, 3.8) is 0 Å². The van der Waals surface area contributed by atoms with Crippen molar-refractivity contribution in [2.75, 3.05) is 20.2 Å². The van der Waals surface area contributed by atoms with Crippen molar-refractivity contribution in [3.8, 4) is 11.5 Å². The lowest BCUT2D eigenvalue weighted by atomic mass is 10.2. The monoisotopic (exact) mass is 363 g/mol. The summed E-state index contributed by atoms with van der Waals surface area (Å²) in [6.07, 6.45) is 0.792. The first kappa shape index (κ1) is 19.5. The van der Waals surface area contributed by atoms with E-state index in [9.17, 15) is 8.78 Å². The van der Waals surface area contributed by atoms with Crippen molar-refractivity contribution >= 4 is 5.96 Å². The predicted octanol–water partition coefficient (Wildman–Crippen LogP) is 3.42. The fourth-order valence-corrected chi connectivity index (χ4v) is 2.25. The van der Waals surface area contributed by atoms with Crippen LogP contribution in [-0.2, 0) is 6.54 Å². The van der Waals surface area contributed by atoms with Gasteiger partial charge in [-0.25, -0.2) is 0 Å². The van der Waals surface area contributed by atoms with E-state index in [1.54, 1.807) is 25.2 Å². The molecule has 0 aliphatic rings. The molecule has 0 unspecified atom stereocenters. The second-order valence-electron chi connectivity index (χ2n) is 5.35. The number of para-hydroxylation sites is 2. The molecule has 2 N–H and O–H groups in total. The Morgan fingerprint density at radius 3 is 2.50 bits per heavy atom. The molecule has 0 saturated heterocycles. The number of guanidine groups is 1. The third kappa shape index (κ3) is 6.96. The van der Waals surface area contributed by atoms with E-state index in [-0.39, 0.29) is 5.75 Å². The van der Waals surface area contributed by atoms with E-state index in [1.165, 1.54) is 6.07 Å². The molecular formula is C19H23F2N3O2. The molecule has 0 aliphatic heterocycles. The Hall–Kier alpha value is -2.83. The van der Waals surface area contributed by atoms with Gasteiger partial charge in [0.25, 0.3) is 0 Å². The summed E-state index contributed by atoms with van der Waals surface area (Å²) in [7, 11) is 1.65. The normalized spacial score (nSPS) is 11.3. The molecule has 0 atom stereocenters. The molecule has 2 aromatic rings. The van der Waals surface area contributed by atoms with Crippen molar-refractivity contribution in [3.05, 3.63) is 60.2 Å². The van der Waals surface area contributed by atoms with Gasteiger partial charge in [-0.15, -0.1) is 0 Å². The van der Waals surface area contributed by atoms with Crippen LogP contribution in [0.1, 0.15) is 12.0 Å². The van der Waals surface area contributed by atoms with Crippen LogP contribution in [0.5, 0.6) is 11.5 Å². The summed E-state index contributed by atoms with van der Waals surface area (Å²) in [5.41, 5.74) is 0.628. The molecule has 0 heterocycles. The molecular weight excluding hydrogens is 340 g/mol. The van der Waals surface area contributed by atoms with Gasteiger partial charge in [0.05, 0.1) is 6.61 Å². The average molecular weight is 363 g/mol. The van der Waals surface area contributed by atoms with E-state index in [2.05, 4.69) is 20.4 Å². The number of hydrogen-bond donors (Lipinski definition) is 2. The fourth-order valence-electron chi connectivity index (χ4n) is 2.25. The summed E-state index contributed by atoms with van der Waals surface area (Å²) in [6, 6.07) is 16.3. The largest absolute Gasteiger partial charge is 0.494 e. The molecule has 0 amide bonds. The van der Waals surface area contributed by atoms with Gasteiger partial charge in [0.15, 0.2) is 5.96 Å². The lowest BCUT2D eigenvalue weighted by Crippen LogP contribution is -2.37. The summed E-state index contributed by atoms with van der Waals surface area (Å²) >= 11 is 0. The summed E-state index contributed by atoms with van der Waals surface area (Å²) in [5, 5.41) is 6.24. The first-order valence-corrected chi connectivity index (χ1v) is 8.34. The number of ether oxygens (including phenoxy) is 2. The Balaban J connectivity index is 1.71. The van der Waals surface area contributed by atoms with Gasteiger partial charge >= 0.3 is 6.61 Å². The highest BCUT2D eigenvalue weighted by atomic mass is 19.3. The van der Waals surface area contributed by atoms with E-state index in [4.69, 9.17) is 4.74 Å². The maximum Gasteiger partial charge on any atom is 0.387 e. The molecule has 0 saturated carbocycles. The fraction of sp³-hybridized carbons (Fsp3) is 0.316. The van der Waals surface area contributed by atoms with Crippen LogP contribution in [0.2, 0.25) is 0 Å². The van der Waals surface area contributed by atoms with Gasteiger partial charge in [0.2, 0.25) is 0 Å². The minimum Gasteiger partial charge on any atom is -0.494 e. The molecule has 5 nitrogen and oxygen atoms in total. The van der Waals surface area contributed by atoms with Crippen molar-refractivity contribution in [1.82, 2.24) is 10.6 Å². The van der Waals surface area contributed by atoms with Crippen LogP contribution in [0.25, 0.3) is 0 Å². The number of alkyl halides is 2. The van der Waals surface area contributed by atoms with Crippen molar-refractivity contribution in [2.24, 2.45) is 4.99 Å². The van der Waals surface area contributed by atoms with Crippen LogP contribution in [0, 0.1) is 0 Å². The Labute approximate surface area is 152 Å². The molecule has 0 aliphatic carbocycles. The lowest BCUT2D eigenvalue weighted by Gasteiger charge is -2.14. The quantitative estimate of drug-likeness (QED) is 0.407. The Kier molecular flexibility index (Phi) is 8.18. The van der Waals surface area contributed by atoms with Crippen LogP contribution >= 0.6 is 0 Å². The summed E-state index contributed by atoms with van der Waals surface area (Å²) < 4.78 is 35.0. The maximum absolute atomic E-state index is 12.4. The Morgan fingerprint density at radius 1 is 1.04 bits per heavy atom. The number of nitrogens with zero attached hydrogens (tertiary/aromatic N) is 1. The second-order valence-corrected chi connectivity index (χ2v) is 5.35. The second kappa shape index (κ2) is 10.9. The van der Waals surface area contributed by atoms with Crippen LogP contribution in [0.4, 0.5) is 8.78 Å². The van der Waals surface area contributed by atoms with Gasteiger partial charge in [-0.3, -0.25) is 4.99 Å². The third-order valence-corrected chi connectivity index (χ3v) is 3.48. The van der Waals surface area contributed by atoms with Crippen LogP contribution in [0.3, 0.4) is 0 Å². The zero-order valence-electron chi connectivity index (χ0n) is 14.6. The average Bonchev–Trinajstić information content (AvgIpc) is 2.65. The van der Waals surface area contributed by atoms with Crippen molar-refractivity contribution in [1.29, 1.82) is 0 Å². The van der Waals surface area contributed by atoms with E-state index < -0.39 is 6.61 Å². The predicted molar refractivity (Wildman–Crippen MR) is 97.8 cm³/mol. The van der Waals surface area contributed by atoms with Crippen molar-refractivity contribution in [2.45, 2.75) is 19.6 Å². The summed E-state index contributed by atoms with van der Waals surface area (Å²) in [4.78, 5) is 4.11. The zero-order valence-corrected chi connectivity index (χ0v) is 14.6. The summed E-state index contributed by atoms with van der Waals surface area (Å²) in [5.74, 6) is 1.57. The van der Waals surface area contributed by atoms with Gasteiger partial charge < -0.3 is 20.1 Å². The SMILES string of the molecule is CN=C(NCCCOc1ccccc1)NCc1ccccc1OC(F)F. The first-order valence-electron chi connectivity index (χ1n) is 8.34. The molecule has 26 heavy (non-hydrogen) atoms. The summed E-state index contributed by atoms with van der Waals surface area (Å²) in [6.45, 7) is -1.28. The molecule has 0 aromatic heterocycles. The number of halogens is 2. The number of aliphatic imine (C=N–C) groups is 1. The Bertz CT molecular complexity index is 681. The molecule has 7 heteroatoms. The highest BCUT2D eigenvalue weighted by Gasteiger charge is 2.09. The molecule has 0 bridgehead atoms. The minimum atomic E-state index is -2.85.